The molecule has 0 bridgehead atoms. The number of carbonyl (C=O) groups is 1. The Hall–Kier alpha value is -1.68. The Kier molecular flexibility index (Phi) is 8.48. The smallest absolute Gasteiger partial charge is 0.251 e. The largest absolute Gasteiger partial charge is 0.495 e. The first-order chi connectivity index (χ1) is 12.1. The number of nitrogens with one attached hydrogen (secondary N) is 2. The highest BCUT2D eigenvalue weighted by atomic mass is 32.2. The fourth-order valence-corrected chi connectivity index (χ4v) is 3.68. The van der Waals surface area contributed by atoms with Gasteiger partial charge < -0.3 is 19.5 Å². The highest BCUT2D eigenvalue weighted by molar-refractivity contribution is 7.89. The van der Waals surface area contributed by atoms with Crippen molar-refractivity contribution in [1.29, 1.82) is 0 Å². The normalized spacial score (nSPS) is 12.0. The standard InChI is InChI=1S/C17H28N2O6S/c1-17(2,3)19-26(21,22)15-12-13(6-7-14(15)24-5)16(20)18-8-9-25-11-10-23-4/h6-7,12,19H,8-11H2,1-5H3,(H,18,20). The van der Waals surface area contributed by atoms with E-state index in [-0.39, 0.29) is 16.2 Å². The second-order valence-electron chi connectivity index (χ2n) is 6.58. The molecule has 1 amide bonds. The van der Waals surface area contributed by atoms with Gasteiger partial charge in [-0.05, 0) is 39.0 Å². The van der Waals surface area contributed by atoms with Crippen molar-refractivity contribution in [2.75, 3.05) is 40.6 Å². The van der Waals surface area contributed by atoms with Crippen LogP contribution in [0, 0.1) is 0 Å². The Balaban J connectivity index is 2.87. The number of sulfonamides is 1. The second kappa shape index (κ2) is 9.86. The van der Waals surface area contributed by atoms with Crippen molar-refractivity contribution in [2.45, 2.75) is 31.2 Å². The lowest BCUT2D eigenvalue weighted by Crippen LogP contribution is -2.40. The fourth-order valence-electron chi connectivity index (χ4n) is 2.07. The zero-order chi connectivity index (χ0) is 19.8. The molecule has 0 radical (unpaired) electrons. The number of rotatable bonds is 10. The summed E-state index contributed by atoms with van der Waals surface area (Å²) in [6.45, 7) is 6.76. The first-order valence-electron chi connectivity index (χ1n) is 8.17. The van der Waals surface area contributed by atoms with E-state index in [4.69, 9.17) is 14.2 Å². The molecule has 0 atom stereocenters. The van der Waals surface area contributed by atoms with Crippen molar-refractivity contribution in [1.82, 2.24) is 10.0 Å². The van der Waals surface area contributed by atoms with Crippen LogP contribution in [-0.4, -0.2) is 60.4 Å². The highest BCUT2D eigenvalue weighted by Gasteiger charge is 2.26. The topological polar surface area (TPSA) is 103 Å². The minimum Gasteiger partial charge on any atom is -0.495 e. The van der Waals surface area contributed by atoms with Gasteiger partial charge >= 0.3 is 0 Å². The number of hydrogen-bond donors (Lipinski definition) is 2. The summed E-state index contributed by atoms with van der Waals surface area (Å²) in [5.74, 6) is -0.226. The van der Waals surface area contributed by atoms with Crippen LogP contribution in [0.2, 0.25) is 0 Å². The van der Waals surface area contributed by atoms with E-state index < -0.39 is 21.5 Å². The van der Waals surface area contributed by atoms with E-state index in [1.165, 1.54) is 25.3 Å². The van der Waals surface area contributed by atoms with Gasteiger partial charge in [-0.1, -0.05) is 0 Å². The summed E-state index contributed by atoms with van der Waals surface area (Å²) in [4.78, 5) is 12.2. The van der Waals surface area contributed by atoms with Crippen LogP contribution in [-0.2, 0) is 19.5 Å². The molecule has 0 spiro atoms. The molecule has 0 saturated carbocycles. The van der Waals surface area contributed by atoms with E-state index in [0.29, 0.717) is 26.4 Å². The number of benzene rings is 1. The Morgan fingerprint density at radius 3 is 2.38 bits per heavy atom. The zero-order valence-corrected chi connectivity index (χ0v) is 16.7. The quantitative estimate of drug-likeness (QED) is 0.583. The number of methoxy groups -OCH3 is 2. The molecule has 0 aliphatic heterocycles. The lowest BCUT2D eigenvalue weighted by Gasteiger charge is -2.21. The van der Waals surface area contributed by atoms with Crippen LogP contribution < -0.4 is 14.8 Å². The van der Waals surface area contributed by atoms with Crippen molar-refractivity contribution in [3.05, 3.63) is 23.8 Å². The molecule has 26 heavy (non-hydrogen) atoms. The zero-order valence-electron chi connectivity index (χ0n) is 15.9. The predicted octanol–water partition coefficient (Wildman–Crippen LogP) is 1.16. The van der Waals surface area contributed by atoms with Crippen molar-refractivity contribution in [3.63, 3.8) is 0 Å². The van der Waals surface area contributed by atoms with Crippen molar-refractivity contribution >= 4 is 15.9 Å². The first-order valence-corrected chi connectivity index (χ1v) is 9.66. The fraction of sp³-hybridized carbons (Fsp3) is 0.588. The summed E-state index contributed by atoms with van der Waals surface area (Å²) in [5.41, 5.74) is -0.446. The lowest BCUT2D eigenvalue weighted by molar-refractivity contribution is 0.0692. The first kappa shape index (κ1) is 22.4. The number of hydrogen-bond acceptors (Lipinski definition) is 6. The molecule has 0 heterocycles. The summed E-state index contributed by atoms with van der Waals surface area (Å²) in [5, 5.41) is 2.68. The van der Waals surface area contributed by atoms with Gasteiger partial charge in [-0.15, -0.1) is 0 Å². The van der Waals surface area contributed by atoms with Crippen LogP contribution in [0.4, 0.5) is 0 Å². The Bertz CT molecular complexity index is 698. The van der Waals surface area contributed by atoms with E-state index in [1.54, 1.807) is 27.9 Å². The Labute approximate surface area is 155 Å². The van der Waals surface area contributed by atoms with Crippen molar-refractivity contribution in [2.24, 2.45) is 0 Å². The molecule has 0 unspecified atom stereocenters. The third kappa shape index (κ3) is 7.28. The Morgan fingerprint density at radius 1 is 1.12 bits per heavy atom. The predicted molar refractivity (Wildman–Crippen MR) is 98.1 cm³/mol. The maximum Gasteiger partial charge on any atom is 0.251 e. The van der Waals surface area contributed by atoms with E-state index in [9.17, 15) is 13.2 Å². The van der Waals surface area contributed by atoms with Crippen LogP contribution in [0.3, 0.4) is 0 Å². The minimum atomic E-state index is -3.85. The molecule has 0 aliphatic rings. The summed E-state index contributed by atoms with van der Waals surface area (Å²) >= 11 is 0. The van der Waals surface area contributed by atoms with Crippen LogP contribution in [0.25, 0.3) is 0 Å². The molecule has 148 valence electrons. The van der Waals surface area contributed by atoms with Gasteiger partial charge in [0, 0.05) is 24.8 Å². The number of amides is 1. The molecule has 1 aromatic carbocycles. The van der Waals surface area contributed by atoms with E-state index >= 15 is 0 Å². The lowest BCUT2D eigenvalue weighted by atomic mass is 10.1. The average Bonchev–Trinajstić information content (AvgIpc) is 2.55. The SMILES string of the molecule is COCCOCCNC(=O)c1ccc(OC)c(S(=O)(=O)NC(C)(C)C)c1. The third-order valence-electron chi connectivity index (χ3n) is 3.12. The van der Waals surface area contributed by atoms with Crippen molar-refractivity contribution in [3.8, 4) is 5.75 Å². The van der Waals surface area contributed by atoms with E-state index in [1.807, 2.05) is 0 Å². The van der Waals surface area contributed by atoms with Gasteiger partial charge in [0.05, 0.1) is 26.9 Å². The molecular formula is C17H28N2O6S. The second-order valence-corrected chi connectivity index (χ2v) is 8.23. The molecule has 8 nitrogen and oxygen atoms in total. The summed E-state index contributed by atoms with van der Waals surface area (Å²) in [6.07, 6.45) is 0. The maximum absolute atomic E-state index is 12.6. The summed E-state index contributed by atoms with van der Waals surface area (Å²) in [7, 11) is -0.890. The molecule has 1 rings (SSSR count). The molecule has 0 fully saturated rings. The van der Waals surface area contributed by atoms with E-state index in [2.05, 4.69) is 10.0 Å². The molecule has 9 heteroatoms. The summed E-state index contributed by atoms with van der Waals surface area (Å²) < 4.78 is 43.0. The molecule has 0 aliphatic carbocycles. The monoisotopic (exact) mass is 388 g/mol. The third-order valence-corrected chi connectivity index (χ3v) is 4.90. The van der Waals surface area contributed by atoms with Crippen LogP contribution in [0.5, 0.6) is 5.75 Å². The van der Waals surface area contributed by atoms with Crippen LogP contribution in [0.15, 0.2) is 23.1 Å². The molecule has 1 aromatic rings. The van der Waals surface area contributed by atoms with Gasteiger partial charge in [0.1, 0.15) is 10.6 Å². The number of ether oxygens (including phenoxy) is 3. The van der Waals surface area contributed by atoms with Gasteiger partial charge in [-0.2, -0.15) is 0 Å². The highest BCUT2D eigenvalue weighted by Crippen LogP contribution is 2.26. The van der Waals surface area contributed by atoms with Gasteiger partial charge in [0.2, 0.25) is 10.0 Å². The molecule has 0 saturated heterocycles. The molecule has 0 aromatic heterocycles. The molecular weight excluding hydrogens is 360 g/mol. The van der Waals surface area contributed by atoms with Gasteiger partial charge in [-0.3, -0.25) is 4.79 Å². The van der Waals surface area contributed by atoms with Crippen LogP contribution >= 0.6 is 0 Å². The summed E-state index contributed by atoms with van der Waals surface area (Å²) in [6, 6.07) is 4.27. The van der Waals surface area contributed by atoms with Gasteiger partial charge in [-0.25, -0.2) is 13.1 Å². The maximum atomic E-state index is 12.6. The average molecular weight is 388 g/mol. The molecule has 2 N–H and O–H groups in total. The van der Waals surface area contributed by atoms with Gasteiger partial charge in [0.15, 0.2) is 0 Å². The van der Waals surface area contributed by atoms with Gasteiger partial charge in [0.25, 0.3) is 5.91 Å². The van der Waals surface area contributed by atoms with E-state index in [0.717, 1.165) is 0 Å². The van der Waals surface area contributed by atoms with Crippen LogP contribution in [0.1, 0.15) is 31.1 Å². The van der Waals surface area contributed by atoms with Crippen molar-refractivity contribution < 1.29 is 27.4 Å². The Morgan fingerprint density at radius 2 is 1.81 bits per heavy atom. The minimum absolute atomic E-state index is 0.0843. The number of carbonyl (C=O) groups excluding carboxylic acids is 1.